The van der Waals surface area contributed by atoms with Gasteiger partial charge in [-0.2, -0.15) is 0 Å². The number of hydrogen-bond acceptors (Lipinski definition) is 3. The van der Waals surface area contributed by atoms with Crippen molar-refractivity contribution in [2.45, 2.75) is 50.9 Å². The summed E-state index contributed by atoms with van der Waals surface area (Å²) < 4.78 is 5.65. The molecule has 2 aliphatic heterocycles. The van der Waals surface area contributed by atoms with Gasteiger partial charge >= 0.3 is 0 Å². The Morgan fingerprint density at radius 3 is 2.78 bits per heavy atom. The van der Waals surface area contributed by atoms with Crippen molar-refractivity contribution in [2.75, 3.05) is 32.8 Å². The normalized spacial score (nSPS) is 29.4. The van der Waals surface area contributed by atoms with Gasteiger partial charge in [-0.3, -0.25) is 4.79 Å². The van der Waals surface area contributed by atoms with E-state index in [1.54, 1.807) is 0 Å². The Morgan fingerprint density at radius 1 is 1.22 bits per heavy atom. The number of carbonyl (C=O) groups excluding carboxylic acids is 1. The molecule has 0 unspecified atom stereocenters. The molecule has 0 radical (unpaired) electrons. The SMILES string of the molecule is Cc1ccccc1C1(CNC(=O)[C@@]23CCCC[C@H]2CNC3)CCOCC1.Cl. The Bertz CT molecular complexity index is 659. The van der Waals surface area contributed by atoms with Gasteiger partial charge in [0.05, 0.1) is 5.41 Å². The molecule has 4 nitrogen and oxygen atoms in total. The second kappa shape index (κ2) is 8.50. The molecule has 2 atom stereocenters. The van der Waals surface area contributed by atoms with Crippen molar-refractivity contribution >= 4 is 18.3 Å². The zero-order valence-electron chi connectivity index (χ0n) is 16.4. The molecule has 2 N–H and O–H groups in total. The molecule has 1 aliphatic carbocycles. The minimum atomic E-state index is -0.170. The summed E-state index contributed by atoms with van der Waals surface area (Å²) in [7, 11) is 0. The minimum absolute atomic E-state index is 0. The quantitative estimate of drug-likeness (QED) is 0.826. The number of fused-ring (bicyclic) bond motifs is 1. The second-order valence-corrected chi connectivity index (χ2v) is 8.62. The van der Waals surface area contributed by atoms with Crippen molar-refractivity contribution in [1.82, 2.24) is 10.6 Å². The average molecular weight is 393 g/mol. The molecule has 1 amide bonds. The fraction of sp³-hybridized carbons (Fsp3) is 0.682. The van der Waals surface area contributed by atoms with Crippen molar-refractivity contribution in [3.63, 3.8) is 0 Å². The van der Waals surface area contributed by atoms with E-state index in [0.717, 1.165) is 52.1 Å². The van der Waals surface area contributed by atoms with Gasteiger partial charge in [-0.15, -0.1) is 12.4 Å². The fourth-order valence-corrected chi connectivity index (χ4v) is 5.59. The van der Waals surface area contributed by atoms with Gasteiger partial charge in [-0.25, -0.2) is 0 Å². The predicted molar refractivity (Wildman–Crippen MR) is 110 cm³/mol. The van der Waals surface area contributed by atoms with Crippen LogP contribution in [0.4, 0.5) is 0 Å². The number of carbonyl (C=O) groups is 1. The maximum absolute atomic E-state index is 13.3. The van der Waals surface area contributed by atoms with Crippen LogP contribution < -0.4 is 10.6 Å². The second-order valence-electron chi connectivity index (χ2n) is 8.62. The smallest absolute Gasteiger partial charge is 0.227 e. The first kappa shape index (κ1) is 20.6. The predicted octanol–water partition coefficient (Wildman–Crippen LogP) is 3.36. The molecule has 0 spiro atoms. The number of hydrogen-bond donors (Lipinski definition) is 2. The van der Waals surface area contributed by atoms with Gasteiger partial charge < -0.3 is 15.4 Å². The van der Waals surface area contributed by atoms with E-state index < -0.39 is 0 Å². The highest BCUT2D eigenvalue weighted by Gasteiger charge is 2.50. The van der Waals surface area contributed by atoms with E-state index in [2.05, 4.69) is 41.8 Å². The molecular formula is C22H33ClN2O2. The van der Waals surface area contributed by atoms with E-state index in [1.165, 1.54) is 30.4 Å². The lowest BCUT2D eigenvalue weighted by Gasteiger charge is -2.41. The molecule has 4 rings (SSSR count). The molecule has 0 aromatic heterocycles. The van der Waals surface area contributed by atoms with Gasteiger partial charge in [0.15, 0.2) is 0 Å². The van der Waals surface area contributed by atoms with Crippen molar-refractivity contribution in [3.8, 4) is 0 Å². The zero-order valence-corrected chi connectivity index (χ0v) is 17.2. The molecule has 1 aromatic carbocycles. The van der Waals surface area contributed by atoms with Crippen LogP contribution in [0, 0.1) is 18.3 Å². The van der Waals surface area contributed by atoms with Gasteiger partial charge in [0.25, 0.3) is 0 Å². The van der Waals surface area contributed by atoms with Gasteiger partial charge in [0, 0.05) is 31.7 Å². The lowest BCUT2D eigenvalue weighted by Crippen LogP contribution is -2.52. The van der Waals surface area contributed by atoms with Gasteiger partial charge in [-0.05, 0) is 56.2 Å². The van der Waals surface area contributed by atoms with Crippen molar-refractivity contribution < 1.29 is 9.53 Å². The van der Waals surface area contributed by atoms with E-state index >= 15 is 0 Å². The highest BCUT2D eigenvalue weighted by Crippen LogP contribution is 2.44. The summed E-state index contributed by atoms with van der Waals surface area (Å²) in [5.74, 6) is 0.798. The van der Waals surface area contributed by atoms with Crippen LogP contribution in [-0.2, 0) is 14.9 Å². The molecule has 2 heterocycles. The van der Waals surface area contributed by atoms with Gasteiger partial charge in [0.1, 0.15) is 0 Å². The molecule has 3 fully saturated rings. The summed E-state index contributed by atoms with van der Waals surface area (Å²) >= 11 is 0. The molecule has 1 aromatic rings. The Kier molecular flexibility index (Phi) is 6.50. The minimum Gasteiger partial charge on any atom is -0.381 e. The van der Waals surface area contributed by atoms with E-state index in [1.807, 2.05) is 0 Å². The number of amides is 1. The van der Waals surface area contributed by atoms with Crippen LogP contribution in [0.3, 0.4) is 0 Å². The third-order valence-electron chi connectivity index (χ3n) is 7.24. The molecule has 2 saturated heterocycles. The van der Waals surface area contributed by atoms with Crippen LogP contribution in [0.2, 0.25) is 0 Å². The van der Waals surface area contributed by atoms with Crippen LogP contribution in [0.5, 0.6) is 0 Å². The molecule has 27 heavy (non-hydrogen) atoms. The van der Waals surface area contributed by atoms with Crippen LogP contribution >= 0.6 is 12.4 Å². The molecule has 3 aliphatic rings. The number of rotatable bonds is 4. The summed E-state index contributed by atoms with van der Waals surface area (Å²) in [5, 5.41) is 6.91. The standard InChI is InChI=1S/C22H32N2O2.ClH/c1-17-6-2-3-8-19(17)21(10-12-26-13-11-21)15-24-20(25)22-9-5-4-7-18(22)14-23-16-22;/h2-3,6,8,18,23H,4-5,7,9-16H2,1H3,(H,24,25);1H/t18-,22+;/m0./s1. The van der Waals surface area contributed by atoms with Crippen LogP contribution in [0.1, 0.15) is 49.7 Å². The van der Waals surface area contributed by atoms with Crippen molar-refractivity contribution in [2.24, 2.45) is 11.3 Å². The first-order chi connectivity index (χ1) is 12.7. The van der Waals surface area contributed by atoms with Crippen LogP contribution in [-0.4, -0.2) is 38.8 Å². The highest BCUT2D eigenvalue weighted by atomic mass is 35.5. The number of nitrogens with one attached hydrogen (secondary N) is 2. The molecule has 150 valence electrons. The third kappa shape index (κ3) is 3.76. The van der Waals surface area contributed by atoms with Crippen molar-refractivity contribution in [3.05, 3.63) is 35.4 Å². The highest BCUT2D eigenvalue weighted by molar-refractivity contribution is 5.85. The average Bonchev–Trinajstić information content (AvgIpc) is 3.12. The summed E-state index contributed by atoms with van der Waals surface area (Å²) in [4.78, 5) is 13.3. The number of ether oxygens (including phenoxy) is 1. The van der Waals surface area contributed by atoms with E-state index in [9.17, 15) is 4.79 Å². The fourth-order valence-electron chi connectivity index (χ4n) is 5.59. The summed E-state index contributed by atoms with van der Waals surface area (Å²) in [6.45, 7) is 6.33. The van der Waals surface area contributed by atoms with Crippen molar-refractivity contribution in [1.29, 1.82) is 0 Å². The number of aryl methyl sites for hydroxylation is 1. The van der Waals surface area contributed by atoms with Crippen LogP contribution in [0.15, 0.2) is 24.3 Å². The maximum Gasteiger partial charge on any atom is 0.227 e. The maximum atomic E-state index is 13.3. The van der Waals surface area contributed by atoms with E-state index in [-0.39, 0.29) is 29.1 Å². The summed E-state index contributed by atoms with van der Waals surface area (Å²) in [6.07, 6.45) is 6.64. The molecule has 5 heteroatoms. The Balaban J connectivity index is 0.00000210. The summed E-state index contributed by atoms with van der Waals surface area (Å²) in [5.41, 5.74) is 2.54. The largest absolute Gasteiger partial charge is 0.381 e. The molecular weight excluding hydrogens is 360 g/mol. The first-order valence-electron chi connectivity index (χ1n) is 10.3. The van der Waals surface area contributed by atoms with Gasteiger partial charge in [-0.1, -0.05) is 37.1 Å². The lowest BCUT2D eigenvalue weighted by atomic mass is 9.67. The Labute approximate surface area is 169 Å². The third-order valence-corrected chi connectivity index (χ3v) is 7.24. The molecule has 0 bridgehead atoms. The molecule has 1 saturated carbocycles. The van der Waals surface area contributed by atoms with Crippen LogP contribution in [0.25, 0.3) is 0 Å². The lowest BCUT2D eigenvalue weighted by molar-refractivity contribution is -0.134. The van der Waals surface area contributed by atoms with Gasteiger partial charge in [0.2, 0.25) is 5.91 Å². The number of benzene rings is 1. The Hall–Kier alpha value is -1.10. The zero-order chi connectivity index (χ0) is 18.0. The van der Waals surface area contributed by atoms with E-state index in [4.69, 9.17) is 4.74 Å². The first-order valence-corrected chi connectivity index (χ1v) is 10.3. The van der Waals surface area contributed by atoms with E-state index in [0.29, 0.717) is 5.92 Å². The monoisotopic (exact) mass is 392 g/mol. The number of halogens is 1. The Morgan fingerprint density at radius 2 is 2.00 bits per heavy atom. The summed E-state index contributed by atoms with van der Waals surface area (Å²) in [6, 6.07) is 8.65. The topological polar surface area (TPSA) is 50.4 Å².